The average molecular weight is 197 g/mol. The first-order valence-electron chi connectivity index (χ1n) is 3.66. The molecule has 14 heavy (non-hydrogen) atoms. The number of hydrogen-bond acceptors (Lipinski definition) is 3. The molecular weight excluding hydrogens is 189 g/mol. The molecule has 5 nitrogen and oxygen atoms in total. The smallest absolute Gasteiger partial charge is 0.332 e. The summed E-state index contributed by atoms with van der Waals surface area (Å²) < 4.78 is 12.7. The third kappa shape index (κ3) is 3.10. The Kier molecular flexibility index (Phi) is 3.01. The quantitative estimate of drug-likeness (QED) is 0.477. The van der Waals surface area contributed by atoms with Gasteiger partial charge < -0.3 is 10.8 Å². The van der Waals surface area contributed by atoms with Crippen molar-refractivity contribution in [1.82, 2.24) is 5.43 Å². The second-order valence-corrected chi connectivity index (χ2v) is 2.48. The lowest BCUT2D eigenvalue weighted by Crippen LogP contribution is -2.24. The monoisotopic (exact) mass is 197 g/mol. The van der Waals surface area contributed by atoms with Crippen LogP contribution in [-0.2, 0) is 0 Å². The Hall–Kier alpha value is -2.11. The van der Waals surface area contributed by atoms with Gasteiger partial charge in [0, 0.05) is 11.6 Å². The first kappa shape index (κ1) is 9.97. The van der Waals surface area contributed by atoms with E-state index in [2.05, 4.69) is 5.10 Å². The molecule has 1 aromatic carbocycles. The minimum Gasteiger partial charge on any atom is -0.508 e. The molecule has 0 radical (unpaired) electrons. The van der Waals surface area contributed by atoms with E-state index in [-0.39, 0.29) is 5.75 Å². The van der Waals surface area contributed by atoms with E-state index in [1.165, 1.54) is 6.07 Å². The number of phenolic OH excluding ortho intramolecular Hbond substituents is 1. The van der Waals surface area contributed by atoms with Gasteiger partial charge in [0.2, 0.25) is 0 Å². The molecule has 0 aliphatic carbocycles. The SMILES string of the molecule is NC(=O)N/N=C/c1cc(O)cc(F)c1. The van der Waals surface area contributed by atoms with Crippen molar-refractivity contribution < 1.29 is 14.3 Å². The Morgan fingerprint density at radius 1 is 1.57 bits per heavy atom. The lowest BCUT2D eigenvalue weighted by molar-refractivity contribution is 0.249. The molecular formula is C8H8FN3O2. The number of primary amides is 1. The van der Waals surface area contributed by atoms with Crippen LogP contribution < -0.4 is 11.2 Å². The minimum absolute atomic E-state index is 0.217. The van der Waals surface area contributed by atoms with Crippen molar-refractivity contribution in [2.45, 2.75) is 0 Å². The van der Waals surface area contributed by atoms with Gasteiger partial charge in [-0.05, 0) is 12.1 Å². The molecule has 0 heterocycles. The van der Waals surface area contributed by atoms with Crippen LogP contribution in [0.2, 0.25) is 0 Å². The molecule has 0 aromatic heterocycles. The van der Waals surface area contributed by atoms with Crippen molar-refractivity contribution in [3.8, 4) is 5.75 Å². The Bertz CT molecular complexity index is 359. The van der Waals surface area contributed by atoms with Crippen molar-refractivity contribution in [3.05, 3.63) is 29.6 Å². The van der Waals surface area contributed by atoms with E-state index in [9.17, 15) is 9.18 Å². The van der Waals surface area contributed by atoms with Gasteiger partial charge in [0.25, 0.3) is 0 Å². The predicted molar refractivity (Wildman–Crippen MR) is 48.4 cm³/mol. The number of rotatable bonds is 2. The molecule has 0 unspecified atom stereocenters. The van der Waals surface area contributed by atoms with Gasteiger partial charge in [-0.25, -0.2) is 14.6 Å². The van der Waals surface area contributed by atoms with Crippen molar-refractivity contribution >= 4 is 12.2 Å². The summed E-state index contributed by atoms with van der Waals surface area (Å²) in [5.74, 6) is -0.809. The van der Waals surface area contributed by atoms with Crippen molar-refractivity contribution in [2.24, 2.45) is 10.8 Å². The predicted octanol–water partition coefficient (Wildman–Crippen LogP) is 0.533. The fourth-order valence-electron chi connectivity index (χ4n) is 0.841. The fourth-order valence-corrected chi connectivity index (χ4v) is 0.841. The third-order valence-corrected chi connectivity index (χ3v) is 1.29. The maximum atomic E-state index is 12.7. The van der Waals surface area contributed by atoms with E-state index in [0.29, 0.717) is 5.56 Å². The third-order valence-electron chi connectivity index (χ3n) is 1.29. The number of hydrazone groups is 1. The zero-order valence-corrected chi connectivity index (χ0v) is 7.07. The molecule has 0 saturated heterocycles. The number of nitrogens with two attached hydrogens (primary N) is 1. The van der Waals surface area contributed by atoms with E-state index in [1.54, 1.807) is 0 Å². The number of halogens is 1. The molecule has 0 fully saturated rings. The molecule has 0 saturated carbocycles. The molecule has 0 atom stereocenters. The van der Waals surface area contributed by atoms with E-state index in [1.807, 2.05) is 5.43 Å². The largest absolute Gasteiger partial charge is 0.508 e. The number of nitrogens with zero attached hydrogens (tertiary/aromatic N) is 1. The summed E-state index contributed by atoms with van der Waals surface area (Å²) in [6, 6.07) is 2.57. The highest BCUT2D eigenvalue weighted by Crippen LogP contribution is 2.12. The molecule has 1 rings (SSSR count). The number of nitrogens with one attached hydrogen (secondary N) is 1. The molecule has 0 aliphatic rings. The van der Waals surface area contributed by atoms with Gasteiger partial charge in [-0.3, -0.25) is 0 Å². The van der Waals surface area contributed by atoms with Crippen LogP contribution in [0.3, 0.4) is 0 Å². The summed E-state index contributed by atoms with van der Waals surface area (Å²) >= 11 is 0. The maximum Gasteiger partial charge on any atom is 0.332 e. The fraction of sp³-hybridized carbons (Fsp3) is 0. The summed E-state index contributed by atoms with van der Waals surface area (Å²) in [6.07, 6.45) is 1.16. The van der Waals surface area contributed by atoms with Crippen LogP contribution >= 0.6 is 0 Å². The maximum absolute atomic E-state index is 12.7. The first-order chi connectivity index (χ1) is 6.58. The normalized spacial score (nSPS) is 10.4. The lowest BCUT2D eigenvalue weighted by atomic mass is 10.2. The number of hydrogen-bond donors (Lipinski definition) is 3. The molecule has 0 aliphatic heterocycles. The number of carbonyl (C=O) groups is 1. The molecule has 4 N–H and O–H groups in total. The summed E-state index contributed by atoms with van der Waals surface area (Å²) in [7, 11) is 0. The van der Waals surface area contributed by atoms with E-state index in [0.717, 1.165) is 18.3 Å². The molecule has 2 amide bonds. The molecule has 6 heteroatoms. The Morgan fingerprint density at radius 3 is 2.86 bits per heavy atom. The zero-order chi connectivity index (χ0) is 10.6. The highest BCUT2D eigenvalue weighted by atomic mass is 19.1. The first-order valence-corrected chi connectivity index (χ1v) is 3.66. The summed E-state index contributed by atoms with van der Waals surface area (Å²) in [4.78, 5) is 10.2. The molecule has 0 spiro atoms. The van der Waals surface area contributed by atoms with E-state index >= 15 is 0 Å². The van der Waals surface area contributed by atoms with Gasteiger partial charge in [-0.2, -0.15) is 5.10 Å². The van der Waals surface area contributed by atoms with E-state index in [4.69, 9.17) is 10.8 Å². The van der Waals surface area contributed by atoms with Gasteiger partial charge >= 0.3 is 6.03 Å². The summed E-state index contributed by atoms with van der Waals surface area (Å²) in [5, 5.41) is 12.4. The van der Waals surface area contributed by atoms with Crippen LogP contribution in [0.1, 0.15) is 5.56 Å². The number of amides is 2. The van der Waals surface area contributed by atoms with E-state index < -0.39 is 11.8 Å². The van der Waals surface area contributed by atoms with Crippen molar-refractivity contribution in [3.63, 3.8) is 0 Å². The topological polar surface area (TPSA) is 87.7 Å². The van der Waals surface area contributed by atoms with Crippen LogP contribution in [0.5, 0.6) is 5.75 Å². The second kappa shape index (κ2) is 4.22. The van der Waals surface area contributed by atoms with Crippen LogP contribution in [0, 0.1) is 5.82 Å². The van der Waals surface area contributed by atoms with Crippen LogP contribution in [0.15, 0.2) is 23.3 Å². The van der Waals surface area contributed by atoms with Gasteiger partial charge in [-0.15, -0.1) is 0 Å². The zero-order valence-electron chi connectivity index (χ0n) is 7.07. The highest BCUT2D eigenvalue weighted by molar-refractivity contribution is 5.81. The average Bonchev–Trinajstić information content (AvgIpc) is 2.01. The number of urea groups is 1. The number of phenols is 1. The van der Waals surface area contributed by atoms with Crippen LogP contribution in [0.4, 0.5) is 9.18 Å². The Morgan fingerprint density at radius 2 is 2.29 bits per heavy atom. The van der Waals surface area contributed by atoms with Gasteiger partial charge in [0.05, 0.1) is 6.21 Å². The minimum atomic E-state index is -0.818. The van der Waals surface area contributed by atoms with Crippen molar-refractivity contribution in [1.29, 1.82) is 0 Å². The van der Waals surface area contributed by atoms with Crippen LogP contribution in [-0.4, -0.2) is 17.4 Å². The van der Waals surface area contributed by atoms with Gasteiger partial charge in [0.1, 0.15) is 11.6 Å². The summed E-state index contributed by atoms with van der Waals surface area (Å²) in [6.45, 7) is 0. The lowest BCUT2D eigenvalue weighted by Gasteiger charge is -1.96. The molecule has 1 aromatic rings. The standard InChI is InChI=1S/C8H8FN3O2/c9-6-1-5(2-7(13)3-6)4-11-12-8(10)14/h1-4,13H,(H3,10,12,14)/b11-4+. The van der Waals surface area contributed by atoms with Crippen LogP contribution in [0.25, 0.3) is 0 Å². The van der Waals surface area contributed by atoms with Gasteiger partial charge in [0.15, 0.2) is 0 Å². The Balaban J connectivity index is 2.76. The Labute approximate surface area is 79.0 Å². The summed E-state index contributed by atoms with van der Waals surface area (Å²) in [5.41, 5.74) is 6.98. The van der Waals surface area contributed by atoms with Crippen molar-refractivity contribution in [2.75, 3.05) is 0 Å². The second-order valence-electron chi connectivity index (χ2n) is 2.48. The number of carbonyl (C=O) groups excluding carboxylic acids is 1. The molecule has 0 bridgehead atoms. The molecule has 74 valence electrons. The van der Waals surface area contributed by atoms with Gasteiger partial charge in [-0.1, -0.05) is 0 Å². The number of benzene rings is 1. The highest BCUT2D eigenvalue weighted by Gasteiger charge is 1.96. The number of aromatic hydroxyl groups is 1.